The molecule has 2 nitrogen and oxygen atoms in total. The van der Waals surface area contributed by atoms with Crippen LogP contribution in [0.4, 0.5) is 0 Å². The number of nitrogens with zero attached hydrogens (tertiary/aromatic N) is 1. The second-order valence-corrected chi connectivity index (χ2v) is 3.47. The smallest absolute Gasteiger partial charge is 0.0798 e. The van der Waals surface area contributed by atoms with Gasteiger partial charge in [-0.2, -0.15) is 0 Å². The molecule has 0 amide bonds. The molecule has 0 spiro atoms. The molecule has 0 aromatic carbocycles. The normalized spacial score (nSPS) is 13.4. The minimum atomic E-state index is 0.451. The van der Waals surface area contributed by atoms with E-state index in [2.05, 4.69) is 31.1 Å². The number of thiazole rings is 1. The predicted molar refractivity (Wildman–Crippen MR) is 48.9 cm³/mol. The van der Waals surface area contributed by atoms with Gasteiger partial charge in [0.05, 0.1) is 11.2 Å². The molecule has 0 radical (unpaired) electrons. The molecule has 0 aliphatic carbocycles. The highest BCUT2D eigenvalue weighted by atomic mass is 32.1. The molecule has 11 heavy (non-hydrogen) atoms. The maximum absolute atomic E-state index is 4.20. The molecule has 1 N–H and O–H groups in total. The zero-order chi connectivity index (χ0) is 8.27. The number of hydrogen-bond acceptors (Lipinski definition) is 3. The van der Waals surface area contributed by atoms with E-state index in [-0.39, 0.29) is 0 Å². The van der Waals surface area contributed by atoms with Crippen LogP contribution in [0, 0.1) is 6.92 Å². The molecule has 1 unspecified atom stereocenters. The SMILES string of the molecule is CCNC(C)c1scnc1C. The van der Waals surface area contributed by atoms with Crippen LogP contribution in [0.3, 0.4) is 0 Å². The van der Waals surface area contributed by atoms with Gasteiger partial charge in [-0.1, -0.05) is 6.92 Å². The van der Waals surface area contributed by atoms with Gasteiger partial charge >= 0.3 is 0 Å². The number of aromatic nitrogens is 1. The fraction of sp³-hybridized carbons (Fsp3) is 0.625. The van der Waals surface area contributed by atoms with Gasteiger partial charge in [-0.15, -0.1) is 11.3 Å². The summed E-state index contributed by atoms with van der Waals surface area (Å²) in [6.07, 6.45) is 0. The van der Waals surface area contributed by atoms with E-state index in [1.54, 1.807) is 11.3 Å². The second kappa shape index (κ2) is 3.83. The zero-order valence-electron chi connectivity index (χ0n) is 7.22. The minimum absolute atomic E-state index is 0.451. The lowest BCUT2D eigenvalue weighted by Gasteiger charge is -2.09. The molecule has 0 fully saturated rings. The highest BCUT2D eigenvalue weighted by Crippen LogP contribution is 2.20. The van der Waals surface area contributed by atoms with Gasteiger partial charge in [-0.05, 0) is 20.4 Å². The number of hydrogen-bond donors (Lipinski definition) is 1. The van der Waals surface area contributed by atoms with Crippen molar-refractivity contribution in [2.24, 2.45) is 0 Å². The Morgan fingerprint density at radius 2 is 2.45 bits per heavy atom. The van der Waals surface area contributed by atoms with Gasteiger partial charge in [0, 0.05) is 10.9 Å². The summed E-state index contributed by atoms with van der Waals surface area (Å²) in [5, 5.41) is 3.36. The van der Waals surface area contributed by atoms with Crippen LogP contribution in [0.15, 0.2) is 5.51 Å². The molecule has 0 aliphatic heterocycles. The van der Waals surface area contributed by atoms with Crippen molar-refractivity contribution >= 4 is 11.3 Å². The van der Waals surface area contributed by atoms with Gasteiger partial charge in [0.1, 0.15) is 0 Å². The molecule has 3 heteroatoms. The van der Waals surface area contributed by atoms with Crippen LogP contribution >= 0.6 is 11.3 Å². The van der Waals surface area contributed by atoms with Crippen LogP contribution < -0.4 is 5.32 Å². The van der Waals surface area contributed by atoms with Gasteiger partial charge in [-0.3, -0.25) is 0 Å². The summed E-state index contributed by atoms with van der Waals surface area (Å²) >= 11 is 1.72. The fourth-order valence-corrected chi connectivity index (χ4v) is 1.96. The lowest BCUT2D eigenvalue weighted by Crippen LogP contribution is -2.17. The van der Waals surface area contributed by atoms with Crippen molar-refractivity contribution in [1.29, 1.82) is 0 Å². The Morgan fingerprint density at radius 1 is 1.73 bits per heavy atom. The first-order chi connectivity index (χ1) is 5.25. The van der Waals surface area contributed by atoms with Gasteiger partial charge in [0.25, 0.3) is 0 Å². The van der Waals surface area contributed by atoms with E-state index in [0.29, 0.717) is 6.04 Å². The molecule has 1 heterocycles. The zero-order valence-corrected chi connectivity index (χ0v) is 8.03. The molecule has 0 aliphatic rings. The lowest BCUT2D eigenvalue weighted by molar-refractivity contribution is 0.603. The van der Waals surface area contributed by atoms with Gasteiger partial charge in [0.15, 0.2) is 0 Å². The summed E-state index contributed by atoms with van der Waals surface area (Å²) in [6, 6.07) is 0.451. The van der Waals surface area contributed by atoms with Gasteiger partial charge in [-0.25, -0.2) is 4.98 Å². The van der Waals surface area contributed by atoms with E-state index < -0.39 is 0 Å². The van der Waals surface area contributed by atoms with Crippen molar-refractivity contribution in [2.45, 2.75) is 26.8 Å². The summed E-state index contributed by atoms with van der Waals surface area (Å²) in [5.74, 6) is 0. The van der Waals surface area contributed by atoms with E-state index in [1.165, 1.54) is 4.88 Å². The Morgan fingerprint density at radius 3 is 2.91 bits per heavy atom. The van der Waals surface area contributed by atoms with Crippen molar-refractivity contribution in [1.82, 2.24) is 10.3 Å². The van der Waals surface area contributed by atoms with Crippen LogP contribution in [0.25, 0.3) is 0 Å². The van der Waals surface area contributed by atoms with E-state index in [9.17, 15) is 0 Å². The van der Waals surface area contributed by atoms with Crippen molar-refractivity contribution in [3.05, 3.63) is 16.1 Å². The van der Waals surface area contributed by atoms with Crippen LogP contribution in [-0.4, -0.2) is 11.5 Å². The molecule has 1 aromatic heterocycles. The molecule has 0 saturated heterocycles. The van der Waals surface area contributed by atoms with E-state index in [1.807, 2.05) is 5.51 Å². The van der Waals surface area contributed by atoms with E-state index in [4.69, 9.17) is 0 Å². The third-order valence-corrected chi connectivity index (χ3v) is 2.80. The molecule has 1 atom stereocenters. The number of aryl methyl sites for hydroxylation is 1. The third-order valence-electron chi connectivity index (χ3n) is 1.69. The highest BCUT2D eigenvalue weighted by molar-refractivity contribution is 7.09. The highest BCUT2D eigenvalue weighted by Gasteiger charge is 2.08. The molecule has 0 bridgehead atoms. The average Bonchev–Trinajstić information content (AvgIpc) is 2.36. The molecule has 1 aromatic rings. The average molecular weight is 170 g/mol. The van der Waals surface area contributed by atoms with Crippen LogP contribution in [0.2, 0.25) is 0 Å². The summed E-state index contributed by atoms with van der Waals surface area (Å²) in [5.41, 5.74) is 3.06. The van der Waals surface area contributed by atoms with E-state index in [0.717, 1.165) is 12.2 Å². The molecule has 62 valence electrons. The fourth-order valence-electron chi connectivity index (χ4n) is 1.13. The van der Waals surface area contributed by atoms with E-state index >= 15 is 0 Å². The first-order valence-electron chi connectivity index (χ1n) is 3.89. The van der Waals surface area contributed by atoms with Crippen LogP contribution in [0.1, 0.15) is 30.5 Å². The Bertz CT molecular complexity index is 220. The van der Waals surface area contributed by atoms with Gasteiger partial charge < -0.3 is 5.32 Å². The van der Waals surface area contributed by atoms with Crippen molar-refractivity contribution < 1.29 is 0 Å². The maximum Gasteiger partial charge on any atom is 0.0798 e. The Balaban J connectivity index is 2.67. The Kier molecular flexibility index (Phi) is 3.02. The monoisotopic (exact) mass is 170 g/mol. The first-order valence-corrected chi connectivity index (χ1v) is 4.77. The van der Waals surface area contributed by atoms with Gasteiger partial charge in [0.2, 0.25) is 0 Å². The number of nitrogens with one attached hydrogen (secondary N) is 1. The van der Waals surface area contributed by atoms with Crippen molar-refractivity contribution in [3.63, 3.8) is 0 Å². The Hall–Kier alpha value is -0.410. The third kappa shape index (κ3) is 2.01. The topological polar surface area (TPSA) is 24.9 Å². The largest absolute Gasteiger partial charge is 0.310 e. The summed E-state index contributed by atoms with van der Waals surface area (Å²) in [6.45, 7) is 7.36. The molecule has 1 rings (SSSR count). The molecular weight excluding hydrogens is 156 g/mol. The standard InChI is InChI=1S/C8H14N2S/c1-4-9-6(2)8-7(3)10-5-11-8/h5-6,9H,4H2,1-3H3. The number of rotatable bonds is 3. The quantitative estimate of drug-likeness (QED) is 0.751. The van der Waals surface area contributed by atoms with Crippen LogP contribution in [0.5, 0.6) is 0 Å². The second-order valence-electron chi connectivity index (χ2n) is 2.58. The van der Waals surface area contributed by atoms with Crippen LogP contribution in [-0.2, 0) is 0 Å². The molecular formula is C8H14N2S. The summed E-state index contributed by atoms with van der Waals surface area (Å²) in [4.78, 5) is 5.55. The summed E-state index contributed by atoms with van der Waals surface area (Å²) < 4.78 is 0. The predicted octanol–water partition coefficient (Wildman–Crippen LogP) is 2.12. The lowest BCUT2D eigenvalue weighted by atomic mass is 10.2. The van der Waals surface area contributed by atoms with Crippen molar-refractivity contribution in [3.8, 4) is 0 Å². The first kappa shape index (κ1) is 8.68. The summed E-state index contributed by atoms with van der Waals surface area (Å²) in [7, 11) is 0. The van der Waals surface area contributed by atoms with Crippen molar-refractivity contribution in [2.75, 3.05) is 6.54 Å². The molecule has 0 saturated carbocycles. The maximum atomic E-state index is 4.20. The Labute approximate surface area is 71.7 Å². The minimum Gasteiger partial charge on any atom is -0.310 e.